The summed E-state index contributed by atoms with van der Waals surface area (Å²) in [5.41, 5.74) is -1.63. The number of ketones is 2. The van der Waals surface area contributed by atoms with E-state index in [0.717, 1.165) is 18.4 Å². The summed E-state index contributed by atoms with van der Waals surface area (Å²) < 4.78 is 5.16. The quantitative estimate of drug-likeness (QED) is 0.242. The van der Waals surface area contributed by atoms with Gasteiger partial charge in [-0.25, -0.2) is 4.79 Å². The van der Waals surface area contributed by atoms with Crippen LogP contribution in [0, 0.1) is 28.6 Å². The first-order valence-corrected chi connectivity index (χ1v) is 15.8. The number of carboxylic acids is 1. The SMILES string of the molecule is C[C@]12CCC(=O)C=C1CC[C@@H]1[C@@H]2[C@@H](O)C[C@@]2(C)[C@H]1CC[C@]2(O)C(=O)COC(=O)CCC(=O)NC(C(=O)O)C(O)c1ccccc1. The molecule has 5 N–H and O–H groups in total. The maximum atomic E-state index is 13.5. The molecule has 5 rings (SSSR count). The van der Waals surface area contributed by atoms with Crippen LogP contribution in [-0.2, 0) is 28.7 Å². The third-order valence-electron chi connectivity index (χ3n) is 11.5. The largest absolute Gasteiger partial charge is 0.480 e. The van der Waals surface area contributed by atoms with E-state index in [2.05, 4.69) is 12.2 Å². The zero-order valence-corrected chi connectivity index (χ0v) is 25.7. The van der Waals surface area contributed by atoms with Gasteiger partial charge in [-0.2, -0.15) is 0 Å². The van der Waals surface area contributed by atoms with Crippen LogP contribution in [0.15, 0.2) is 42.0 Å². The van der Waals surface area contributed by atoms with Crippen LogP contribution in [0.25, 0.3) is 0 Å². The third-order valence-corrected chi connectivity index (χ3v) is 11.5. The van der Waals surface area contributed by atoms with Gasteiger partial charge in [0.2, 0.25) is 11.7 Å². The predicted octanol–water partition coefficient (Wildman–Crippen LogP) is 2.42. The number of fused-ring (bicyclic) bond motifs is 5. The summed E-state index contributed by atoms with van der Waals surface area (Å²) in [6.07, 6.45) is 2.23. The predicted molar refractivity (Wildman–Crippen MR) is 159 cm³/mol. The highest BCUT2D eigenvalue weighted by Gasteiger charge is 2.68. The number of nitrogens with one attached hydrogen (secondary N) is 1. The van der Waals surface area contributed by atoms with Gasteiger partial charge in [0.15, 0.2) is 18.4 Å². The standard InChI is InChI=1S/C34H43NO10/c1-32-14-12-21(36)16-20(32)8-9-22-23-13-15-34(44,33(23,2)17-24(37)28(22)32)25(38)18-45-27(40)11-10-26(39)35-29(31(42)43)30(41)19-6-4-3-5-7-19/h3-7,16,22-24,28-30,37,41,44H,8-15,17-18H2,1-2H3,(H,35,39)(H,42,43)/t22-,23-,24-,28+,29?,30?,32-,33-,34-/m0/s1. The molecule has 0 heterocycles. The molecule has 9 atom stereocenters. The minimum Gasteiger partial charge on any atom is -0.480 e. The topological polar surface area (TPSA) is 188 Å². The number of benzene rings is 1. The molecular formula is C34H43NO10. The van der Waals surface area contributed by atoms with Crippen molar-refractivity contribution >= 4 is 29.4 Å². The highest BCUT2D eigenvalue weighted by molar-refractivity contribution is 5.92. The van der Waals surface area contributed by atoms with E-state index in [4.69, 9.17) is 4.74 Å². The van der Waals surface area contributed by atoms with Gasteiger partial charge in [-0.05, 0) is 73.3 Å². The number of hydrogen-bond acceptors (Lipinski definition) is 9. The van der Waals surface area contributed by atoms with E-state index in [0.29, 0.717) is 24.8 Å². The minimum atomic E-state index is -1.80. The third kappa shape index (κ3) is 5.86. The molecule has 0 saturated heterocycles. The molecule has 11 nitrogen and oxygen atoms in total. The van der Waals surface area contributed by atoms with Crippen LogP contribution in [0.4, 0.5) is 0 Å². The van der Waals surface area contributed by atoms with Crippen LogP contribution < -0.4 is 5.32 Å². The van der Waals surface area contributed by atoms with Crippen LogP contribution >= 0.6 is 0 Å². The van der Waals surface area contributed by atoms with E-state index in [1.54, 1.807) is 24.3 Å². The van der Waals surface area contributed by atoms with Crippen molar-refractivity contribution in [3.8, 4) is 0 Å². The van der Waals surface area contributed by atoms with Crippen LogP contribution in [0.2, 0.25) is 0 Å². The highest BCUT2D eigenvalue weighted by atomic mass is 16.5. The Bertz CT molecular complexity index is 1390. The zero-order valence-electron chi connectivity index (χ0n) is 25.7. The number of carbonyl (C=O) groups excluding carboxylic acids is 4. The van der Waals surface area contributed by atoms with E-state index in [1.807, 2.05) is 6.92 Å². The molecule has 0 spiro atoms. The molecule has 45 heavy (non-hydrogen) atoms. The van der Waals surface area contributed by atoms with Crippen molar-refractivity contribution in [2.75, 3.05) is 6.61 Å². The second kappa shape index (κ2) is 12.4. The Kier molecular flexibility index (Phi) is 9.09. The van der Waals surface area contributed by atoms with E-state index in [1.165, 1.54) is 12.1 Å². The van der Waals surface area contributed by atoms with Crippen LogP contribution in [-0.4, -0.2) is 74.2 Å². The number of ether oxygens (including phenoxy) is 1. The lowest BCUT2D eigenvalue weighted by Crippen LogP contribution is -2.62. The number of allylic oxidation sites excluding steroid dienone is 1. The number of rotatable bonds is 10. The lowest BCUT2D eigenvalue weighted by atomic mass is 9.45. The first-order valence-electron chi connectivity index (χ1n) is 15.8. The summed E-state index contributed by atoms with van der Waals surface area (Å²) in [4.78, 5) is 62.2. The molecule has 4 aliphatic carbocycles. The van der Waals surface area contributed by atoms with Gasteiger partial charge in [0.25, 0.3) is 0 Å². The van der Waals surface area contributed by atoms with Crippen molar-refractivity contribution in [2.45, 2.75) is 95.5 Å². The number of Topliss-reactive ketones (excluding diaryl/α,β-unsaturated/α-hetero) is 1. The average Bonchev–Trinajstić information content (AvgIpc) is 3.28. The summed E-state index contributed by atoms with van der Waals surface area (Å²) in [5.74, 6) is -3.66. The van der Waals surface area contributed by atoms with Crippen molar-refractivity contribution < 1.29 is 49.1 Å². The molecule has 1 aromatic carbocycles. The van der Waals surface area contributed by atoms with E-state index >= 15 is 0 Å². The summed E-state index contributed by atoms with van der Waals surface area (Å²) in [5, 5.41) is 45.5. The van der Waals surface area contributed by atoms with Gasteiger partial charge in [0.1, 0.15) is 11.7 Å². The second-order valence-electron chi connectivity index (χ2n) is 13.8. The summed E-state index contributed by atoms with van der Waals surface area (Å²) in [7, 11) is 0. The van der Waals surface area contributed by atoms with E-state index < -0.39 is 72.3 Å². The van der Waals surface area contributed by atoms with Gasteiger partial charge in [-0.1, -0.05) is 49.8 Å². The highest BCUT2D eigenvalue weighted by Crippen LogP contribution is 2.67. The number of carboxylic acid groups (broad SMARTS) is 1. The molecule has 0 radical (unpaired) electrons. The molecule has 244 valence electrons. The number of aliphatic hydroxyl groups is 3. The van der Waals surface area contributed by atoms with Gasteiger partial charge < -0.3 is 30.5 Å². The number of carbonyl (C=O) groups is 5. The zero-order chi connectivity index (χ0) is 32.7. The summed E-state index contributed by atoms with van der Waals surface area (Å²) in [6.45, 7) is 3.28. The smallest absolute Gasteiger partial charge is 0.329 e. The average molecular weight is 626 g/mol. The Morgan fingerprint density at radius 2 is 1.76 bits per heavy atom. The van der Waals surface area contributed by atoms with Crippen LogP contribution in [0.5, 0.6) is 0 Å². The summed E-state index contributed by atoms with van der Waals surface area (Å²) in [6, 6.07) is 6.35. The maximum absolute atomic E-state index is 13.5. The Morgan fingerprint density at radius 3 is 2.44 bits per heavy atom. The monoisotopic (exact) mass is 625 g/mol. The lowest BCUT2D eigenvalue weighted by molar-refractivity contribution is -0.184. The van der Waals surface area contributed by atoms with Gasteiger partial charge in [0.05, 0.1) is 12.5 Å². The molecule has 3 fully saturated rings. The van der Waals surface area contributed by atoms with Crippen molar-refractivity contribution in [3.63, 3.8) is 0 Å². The molecule has 4 aliphatic rings. The Morgan fingerprint density at radius 1 is 1.04 bits per heavy atom. The molecule has 0 bridgehead atoms. The van der Waals surface area contributed by atoms with Crippen LogP contribution in [0.3, 0.4) is 0 Å². The first kappa shape index (κ1) is 33.0. The maximum Gasteiger partial charge on any atom is 0.329 e. The fraction of sp³-hybridized carbons (Fsp3) is 0.618. The van der Waals surface area contributed by atoms with Gasteiger partial charge in [-0.3, -0.25) is 19.2 Å². The van der Waals surface area contributed by atoms with Crippen molar-refractivity contribution in [1.29, 1.82) is 0 Å². The Hall–Kier alpha value is -3.41. The second-order valence-corrected chi connectivity index (χ2v) is 13.8. The number of esters is 1. The lowest BCUT2D eigenvalue weighted by Gasteiger charge is -2.60. The molecule has 0 aliphatic heterocycles. The molecular weight excluding hydrogens is 582 g/mol. The fourth-order valence-corrected chi connectivity index (χ4v) is 9.07. The Balaban J connectivity index is 1.17. The number of amides is 1. The normalized spacial score (nSPS) is 35.1. The molecule has 1 amide bonds. The molecule has 2 unspecified atom stereocenters. The van der Waals surface area contributed by atoms with Crippen molar-refractivity contribution in [3.05, 3.63) is 47.5 Å². The van der Waals surface area contributed by atoms with E-state index in [9.17, 15) is 44.4 Å². The minimum absolute atomic E-state index is 0.0244. The summed E-state index contributed by atoms with van der Waals surface area (Å²) >= 11 is 0. The molecule has 0 aromatic heterocycles. The number of aliphatic carboxylic acids is 1. The molecule has 11 heteroatoms. The van der Waals surface area contributed by atoms with Crippen LogP contribution in [0.1, 0.15) is 83.3 Å². The Labute approximate surface area is 262 Å². The number of hydrogen-bond donors (Lipinski definition) is 5. The fourth-order valence-electron chi connectivity index (χ4n) is 9.07. The van der Waals surface area contributed by atoms with Crippen molar-refractivity contribution in [1.82, 2.24) is 5.32 Å². The van der Waals surface area contributed by atoms with Gasteiger partial charge in [-0.15, -0.1) is 0 Å². The van der Waals surface area contributed by atoms with Gasteiger partial charge >= 0.3 is 11.9 Å². The van der Waals surface area contributed by atoms with Crippen molar-refractivity contribution in [2.24, 2.45) is 28.6 Å². The first-order chi connectivity index (χ1) is 21.2. The molecule has 1 aromatic rings. The van der Waals surface area contributed by atoms with Gasteiger partial charge in [0, 0.05) is 18.3 Å². The number of aliphatic hydroxyl groups excluding tert-OH is 2. The molecule has 3 saturated carbocycles. The van der Waals surface area contributed by atoms with E-state index in [-0.39, 0.29) is 41.8 Å².